The Hall–Kier alpha value is -0.0300. The third-order valence-corrected chi connectivity index (χ3v) is 5.30. The predicted octanol–water partition coefficient (Wildman–Crippen LogP) is -4.69. The maximum Gasteiger partial charge on any atom is 1.00 e. The first-order valence-electron chi connectivity index (χ1n) is 7.11. The molecule has 0 amide bonds. The number of thiazole rings is 1. The van der Waals surface area contributed by atoms with Crippen molar-refractivity contribution in [2.75, 3.05) is 0 Å². The van der Waals surface area contributed by atoms with Crippen LogP contribution in [0.3, 0.4) is 0 Å². The van der Waals surface area contributed by atoms with Gasteiger partial charge in [0.05, 0.1) is 22.7 Å². The summed E-state index contributed by atoms with van der Waals surface area (Å²) in [5, 5.41) is 1.10. The van der Waals surface area contributed by atoms with E-state index in [4.69, 9.17) is 0 Å². The summed E-state index contributed by atoms with van der Waals surface area (Å²) in [4.78, 5) is 60.6. The number of nitrogens with zero attached hydrogens (tertiary/aromatic N) is 2. The van der Waals surface area contributed by atoms with Crippen molar-refractivity contribution in [2.24, 2.45) is 0 Å². The second kappa shape index (κ2) is 9.65. The van der Waals surface area contributed by atoms with Crippen LogP contribution in [0.2, 0.25) is 0 Å². The number of Topliss-reactive ketones (excluding diaryl/α,β-unsaturated/α-hetero) is 1. The largest absolute Gasteiger partial charge is 1.00 e. The van der Waals surface area contributed by atoms with Crippen molar-refractivity contribution in [2.45, 2.75) is 13.3 Å². The fourth-order valence-corrected chi connectivity index (χ4v) is 3.89. The van der Waals surface area contributed by atoms with E-state index in [1.807, 2.05) is 0 Å². The topological polar surface area (TPSA) is 118 Å². The molecule has 0 fully saturated rings. The average molecular weight is 427 g/mol. The Labute approximate surface area is 202 Å². The molecular formula is C15H11FN2Na2O5PS+. The Kier molecular flexibility index (Phi) is 8.93. The summed E-state index contributed by atoms with van der Waals surface area (Å²) < 4.78 is 14.7. The molecule has 1 aromatic carbocycles. The molecule has 0 aliphatic carbocycles. The van der Waals surface area contributed by atoms with E-state index in [1.165, 1.54) is 17.5 Å². The maximum atomic E-state index is 14.2. The second-order valence-electron chi connectivity index (χ2n) is 5.16. The van der Waals surface area contributed by atoms with Gasteiger partial charge in [-0.3, -0.25) is 9.59 Å². The Morgan fingerprint density at radius 2 is 2.00 bits per heavy atom. The van der Waals surface area contributed by atoms with Crippen LogP contribution >= 0.6 is 19.4 Å². The number of halogens is 1. The van der Waals surface area contributed by atoms with Crippen molar-refractivity contribution in [3.05, 3.63) is 51.9 Å². The molecule has 0 aliphatic heterocycles. The molecule has 3 aromatic rings. The molecule has 2 heterocycles. The van der Waals surface area contributed by atoms with E-state index in [-0.39, 0.29) is 98.5 Å². The molecule has 0 spiro atoms. The predicted molar refractivity (Wildman–Crippen MR) is 86.6 cm³/mol. The van der Waals surface area contributed by atoms with Gasteiger partial charge in [0.15, 0.2) is 18.9 Å². The number of benzene rings is 1. The number of carbonyl (C=O) groups excluding carboxylic acids is 2. The second-order valence-corrected chi connectivity index (χ2v) is 7.43. The number of hydrogen-bond acceptors (Lipinski definition) is 7. The van der Waals surface area contributed by atoms with Gasteiger partial charge < -0.3 is 9.79 Å². The minimum atomic E-state index is -5.03. The van der Waals surface area contributed by atoms with E-state index in [0.717, 1.165) is 23.6 Å². The van der Waals surface area contributed by atoms with Crippen LogP contribution in [-0.2, 0) is 0 Å². The van der Waals surface area contributed by atoms with E-state index in [9.17, 15) is 28.7 Å². The zero-order chi connectivity index (χ0) is 18.4. The SMILES string of the molecule is CCC(=O)c1csc(C(=O)c2cn([P+]([O-])([O-])O)c3cccc(F)c23)n1.[Na+].[Na+]. The summed E-state index contributed by atoms with van der Waals surface area (Å²) >= 11 is 0.904. The van der Waals surface area contributed by atoms with Crippen LogP contribution in [0.15, 0.2) is 29.8 Å². The molecular weight excluding hydrogens is 416 g/mol. The summed E-state index contributed by atoms with van der Waals surface area (Å²) in [6.45, 7) is 1.65. The summed E-state index contributed by atoms with van der Waals surface area (Å²) in [6.07, 6.45) is 1.07. The van der Waals surface area contributed by atoms with Crippen LogP contribution in [0.25, 0.3) is 10.9 Å². The molecule has 0 aliphatic rings. The van der Waals surface area contributed by atoms with Gasteiger partial charge in [-0.15, -0.1) is 11.3 Å². The first-order valence-corrected chi connectivity index (χ1v) is 9.52. The fourth-order valence-electron chi connectivity index (χ4n) is 2.41. The summed E-state index contributed by atoms with van der Waals surface area (Å²) in [5.41, 5.74) is -0.301. The van der Waals surface area contributed by atoms with Gasteiger partial charge in [-0.25, -0.2) is 18.6 Å². The molecule has 0 radical (unpaired) electrons. The minimum absolute atomic E-state index is 0. The molecule has 0 saturated heterocycles. The summed E-state index contributed by atoms with van der Waals surface area (Å²) in [6, 6.07) is 3.60. The van der Waals surface area contributed by atoms with Crippen LogP contribution in [-0.4, -0.2) is 25.8 Å². The molecule has 0 unspecified atom stereocenters. The molecule has 3 rings (SSSR count). The monoisotopic (exact) mass is 427 g/mol. The van der Waals surface area contributed by atoms with Crippen molar-refractivity contribution in [3.8, 4) is 0 Å². The van der Waals surface area contributed by atoms with Gasteiger partial charge in [0, 0.05) is 11.8 Å². The van der Waals surface area contributed by atoms with Crippen LogP contribution < -0.4 is 68.9 Å². The van der Waals surface area contributed by atoms with Gasteiger partial charge in [0.1, 0.15) is 11.5 Å². The van der Waals surface area contributed by atoms with E-state index in [2.05, 4.69) is 4.98 Å². The molecule has 1 N–H and O–H groups in total. The first-order chi connectivity index (χ1) is 11.7. The normalized spacial score (nSPS) is 11.0. The Bertz CT molecular complexity index is 1000. The standard InChI is InChI=1S/C15H12FN2O5PS.2Na/c1-2-12(19)10-7-25-15(17-10)14(20)8-6-18(24(21,22)23)11-5-3-4-9(16)13(8)11;;/h3-7H,2H2,1H3,(H2,21,22,23);;/q;2*+1/p-1. The molecule has 12 heteroatoms. The number of ketones is 2. The minimum Gasteiger partial charge on any atom is -0.640 e. The van der Waals surface area contributed by atoms with Crippen molar-refractivity contribution in [1.82, 2.24) is 9.32 Å². The Morgan fingerprint density at radius 3 is 2.59 bits per heavy atom. The third-order valence-electron chi connectivity index (χ3n) is 3.58. The van der Waals surface area contributed by atoms with Gasteiger partial charge in [-0.2, -0.15) is 0 Å². The van der Waals surface area contributed by atoms with Crippen molar-refractivity contribution >= 4 is 41.9 Å². The molecule has 2 aromatic heterocycles. The number of hydrogen-bond donors (Lipinski definition) is 1. The van der Waals surface area contributed by atoms with Crippen LogP contribution in [0.1, 0.15) is 39.2 Å². The van der Waals surface area contributed by atoms with Crippen LogP contribution in [0.5, 0.6) is 0 Å². The molecule has 7 nitrogen and oxygen atoms in total. The van der Waals surface area contributed by atoms with Gasteiger partial charge in [0.2, 0.25) is 5.78 Å². The van der Waals surface area contributed by atoms with Gasteiger partial charge >= 0.3 is 59.1 Å². The summed E-state index contributed by atoms with van der Waals surface area (Å²) in [7, 11) is -5.03. The molecule has 0 atom stereocenters. The quantitative estimate of drug-likeness (QED) is 0.249. The molecule has 0 bridgehead atoms. The zero-order valence-corrected chi connectivity index (χ0v) is 20.5. The van der Waals surface area contributed by atoms with Gasteiger partial charge in [-0.05, 0) is 12.1 Å². The fraction of sp³-hybridized carbons (Fsp3) is 0.133. The average Bonchev–Trinajstić information content (AvgIpc) is 3.18. The van der Waals surface area contributed by atoms with Gasteiger partial charge in [-0.1, -0.05) is 13.0 Å². The third kappa shape index (κ3) is 4.94. The smallest absolute Gasteiger partial charge is 0.640 e. The number of carbonyl (C=O) groups is 2. The van der Waals surface area contributed by atoms with Gasteiger partial charge in [0.25, 0.3) is 0 Å². The zero-order valence-electron chi connectivity index (χ0n) is 14.8. The van der Waals surface area contributed by atoms with Crippen molar-refractivity contribution in [3.63, 3.8) is 0 Å². The van der Waals surface area contributed by atoms with Crippen LogP contribution in [0.4, 0.5) is 4.39 Å². The van der Waals surface area contributed by atoms with E-state index in [0.29, 0.717) is 4.34 Å². The Balaban J connectivity index is 0.00000182. The van der Waals surface area contributed by atoms with Crippen molar-refractivity contribution < 1.29 is 87.8 Å². The van der Waals surface area contributed by atoms with Crippen molar-refractivity contribution in [1.29, 1.82) is 0 Å². The number of fused-ring (bicyclic) bond motifs is 1. The first kappa shape index (κ1) is 25.0. The number of rotatable bonds is 5. The van der Waals surface area contributed by atoms with Crippen LogP contribution in [0, 0.1) is 5.82 Å². The summed E-state index contributed by atoms with van der Waals surface area (Å²) in [5.74, 6) is -1.79. The maximum absolute atomic E-state index is 14.2. The van der Waals surface area contributed by atoms with E-state index >= 15 is 0 Å². The molecule has 0 saturated carbocycles. The molecule has 27 heavy (non-hydrogen) atoms. The van der Waals surface area contributed by atoms with E-state index in [1.54, 1.807) is 6.92 Å². The van der Waals surface area contributed by atoms with E-state index < -0.39 is 19.7 Å². The molecule has 130 valence electrons. The number of aromatic nitrogens is 2. The Morgan fingerprint density at radius 1 is 1.33 bits per heavy atom.